The molecule has 1 aromatic rings. The summed E-state index contributed by atoms with van der Waals surface area (Å²) >= 11 is 0. The standard InChI is InChI=1S/C15H21N3O6.Na/c1-2-3-4-5-6-7-13(15(19)20)16-12-9-8-11(17(21)22)10-14(12)18(23)24;/h8-10,13,16H,2-7H2,1H3,(H,19,20);/q;+1/p-1/t13-;/m1./s1. The van der Waals surface area contributed by atoms with E-state index in [9.17, 15) is 30.1 Å². The number of carboxylic acid groups (broad SMARTS) is 1. The molecule has 0 saturated carbocycles. The van der Waals surface area contributed by atoms with Crippen LogP contribution in [0, 0.1) is 20.2 Å². The van der Waals surface area contributed by atoms with E-state index in [1.165, 1.54) is 0 Å². The van der Waals surface area contributed by atoms with Crippen molar-refractivity contribution in [3.8, 4) is 0 Å². The van der Waals surface area contributed by atoms with Crippen molar-refractivity contribution in [2.24, 2.45) is 0 Å². The van der Waals surface area contributed by atoms with Gasteiger partial charge in [-0.25, -0.2) is 0 Å². The van der Waals surface area contributed by atoms with Gasteiger partial charge in [-0.05, 0) is 12.5 Å². The number of benzene rings is 1. The van der Waals surface area contributed by atoms with Gasteiger partial charge in [0.25, 0.3) is 11.4 Å². The first kappa shape index (κ1) is 23.3. The van der Waals surface area contributed by atoms with Crippen LogP contribution in [0.3, 0.4) is 0 Å². The SMILES string of the molecule is CCCCCCC[C@@H](Nc1ccc([N+](=O)[O-])cc1[N+](=O)[O-])C(=O)[O-].[Na+]. The smallest absolute Gasteiger partial charge is 0.548 e. The van der Waals surface area contributed by atoms with Gasteiger partial charge in [0.05, 0.1) is 27.9 Å². The first-order valence-electron chi connectivity index (χ1n) is 7.77. The van der Waals surface area contributed by atoms with Crippen LogP contribution in [0.4, 0.5) is 17.1 Å². The van der Waals surface area contributed by atoms with Crippen LogP contribution in [0.25, 0.3) is 0 Å². The van der Waals surface area contributed by atoms with Gasteiger partial charge in [-0.15, -0.1) is 0 Å². The molecular formula is C15H20N3NaO6. The minimum Gasteiger partial charge on any atom is -0.548 e. The van der Waals surface area contributed by atoms with E-state index < -0.39 is 33.2 Å². The number of rotatable bonds is 11. The molecule has 1 atom stereocenters. The molecule has 0 fully saturated rings. The Morgan fingerprint density at radius 1 is 1.12 bits per heavy atom. The van der Waals surface area contributed by atoms with E-state index in [1.54, 1.807) is 0 Å². The van der Waals surface area contributed by atoms with Crippen molar-refractivity contribution in [3.05, 3.63) is 38.4 Å². The summed E-state index contributed by atoms with van der Waals surface area (Å²) in [7, 11) is 0. The van der Waals surface area contributed by atoms with Gasteiger partial charge in [-0.3, -0.25) is 20.2 Å². The van der Waals surface area contributed by atoms with Crippen molar-refractivity contribution in [1.82, 2.24) is 0 Å². The van der Waals surface area contributed by atoms with Gasteiger partial charge in [0.15, 0.2) is 0 Å². The summed E-state index contributed by atoms with van der Waals surface area (Å²) in [6, 6.07) is 1.94. The molecule has 0 unspecified atom stereocenters. The number of carbonyl (C=O) groups excluding carboxylic acids is 1. The fourth-order valence-corrected chi connectivity index (χ4v) is 2.30. The Hall–Kier alpha value is -1.71. The summed E-state index contributed by atoms with van der Waals surface area (Å²) in [6.45, 7) is 2.07. The molecule has 0 heterocycles. The Morgan fingerprint density at radius 3 is 2.28 bits per heavy atom. The molecule has 0 aliphatic carbocycles. The Kier molecular flexibility index (Phi) is 11.0. The molecule has 9 nitrogen and oxygen atoms in total. The minimum absolute atomic E-state index is 0. The fourth-order valence-electron chi connectivity index (χ4n) is 2.30. The number of unbranched alkanes of at least 4 members (excludes halogenated alkanes) is 4. The minimum atomic E-state index is -1.36. The number of nitrogens with one attached hydrogen (secondary N) is 1. The van der Waals surface area contributed by atoms with Gasteiger partial charge in [0.1, 0.15) is 5.69 Å². The van der Waals surface area contributed by atoms with E-state index in [0.717, 1.165) is 43.9 Å². The van der Waals surface area contributed by atoms with E-state index in [0.29, 0.717) is 6.42 Å². The molecule has 132 valence electrons. The molecule has 25 heavy (non-hydrogen) atoms. The first-order chi connectivity index (χ1) is 11.4. The summed E-state index contributed by atoms with van der Waals surface area (Å²) in [5, 5.41) is 35.6. The molecule has 0 bridgehead atoms. The molecule has 10 heteroatoms. The van der Waals surface area contributed by atoms with Crippen molar-refractivity contribution in [2.45, 2.75) is 51.5 Å². The maximum Gasteiger partial charge on any atom is 1.00 e. The largest absolute Gasteiger partial charge is 1.00 e. The van der Waals surface area contributed by atoms with Crippen LogP contribution in [0.15, 0.2) is 18.2 Å². The number of nitrogens with zero attached hydrogens (tertiary/aromatic N) is 2. The molecular weight excluding hydrogens is 341 g/mol. The van der Waals surface area contributed by atoms with Crippen molar-refractivity contribution >= 4 is 23.0 Å². The van der Waals surface area contributed by atoms with Gasteiger partial charge in [0.2, 0.25) is 0 Å². The number of nitro benzene ring substituents is 2. The Bertz CT molecular complexity index is 611. The van der Waals surface area contributed by atoms with Crippen LogP contribution < -0.4 is 40.0 Å². The number of carboxylic acids is 1. The maximum absolute atomic E-state index is 11.2. The van der Waals surface area contributed by atoms with Crippen LogP contribution in [0.5, 0.6) is 0 Å². The molecule has 0 aromatic heterocycles. The Morgan fingerprint density at radius 2 is 1.76 bits per heavy atom. The summed E-state index contributed by atoms with van der Waals surface area (Å²) in [4.78, 5) is 31.5. The maximum atomic E-state index is 11.2. The van der Waals surface area contributed by atoms with Crippen LogP contribution in [-0.2, 0) is 4.79 Å². The average Bonchev–Trinajstić information content (AvgIpc) is 2.53. The van der Waals surface area contributed by atoms with E-state index in [-0.39, 0.29) is 41.7 Å². The zero-order chi connectivity index (χ0) is 18.1. The zero-order valence-corrected chi connectivity index (χ0v) is 16.4. The number of aliphatic carboxylic acids is 1. The van der Waals surface area contributed by atoms with E-state index in [1.807, 2.05) is 0 Å². The van der Waals surface area contributed by atoms with E-state index >= 15 is 0 Å². The summed E-state index contributed by atoms with van der Waals surface area (Å²) in [5.41, 5.74) is -1.05. The van der Waals surface area contributed by atoms with Gasteiger partial charge in [-0.2, -0.15) is 0 Å². The van der Waals surface area contributed by atoms with Crippen LogP contribution in [-0.4, -0.2) is 21.9 Å². The molecule has 1 aromatic carbocycles. The monoisotopic (exact) mass is 361 g/mol. The van der Waals surface area contributed by atoms with Crippen LogP contribution in [0.2, 0.25) is 0 Å². The van der Waals surface area contributed by atoms with Crippen molar-refractivity contribution in [3.63, 3.8) is 0 Å². The van der Waals surface area contributed by atoms with Gasteiger partial charge < -0.3 is 15.2 Å². The predicted molar refractivity (Wildman–Crippen MR) is 85.5 cm³/mol. The van der Waals surface area contributed by atoms with Crippen molar-refractivity contribution in [2.75, 3.05) is 5.32 Å². The van der Waals surface area contributed by atoms with E-state index in [2.05, 4.69) is 12.2 Å². The number of anilines is 1. The van der Waals surface area contributed by atoms with Gasteiger partial charge >= 0.3 is 29.6 Å². The number of non-ortho nitro benzene ring substituents is 1. The molecule has 1 rings (SSSR count). The zero-order valence-electron chi connectivity index (χ0n) is 14.4. The second-order valence-corrected chi connectivity index (χ2v) is 5.43. The van der Waals surface area contributed by atoms with Crippen LogP contribution >= 0.6 is 0 Å². The van der Waals surface area contributed by atoms with Crippen molar-refractivity contribution < 1.29 is 49.3 Å². The molecule has 0 aliphatic rings. The predicted octanol–water partition coefficient (Wildman–Crippen LogP) is -0.602. The summed E-state index contributed by atoms with van der Waals surface area (Å²) < 4.78 is 0. The number of hydrogen-bond acceptors (Lipinski definition) is 7. The van der Waals surface area contributed by atoms with Gasteiger partial charge in [0, 0.05) is 6.07 Å². The third kappa shape index (κ3) is 7.80. The third-order valence-corrected chi connectivity index (χ3v) is 3.60. The summed E-state index contributed by atoms with van der Waals surface area (Å²) in [6.07, 6.45) is 4.90. The topological polar surface area (TPSA) is 138 Å². The second-order valence-electron chi connectivity index (χ2n) is 5.43. The molecule has 0 radical (unpaired) electrons. The van der Waals surface area contributed by atoms with Crippen molar-refractivity contribution in [1.29, 1.82) is 0 Å². The van der Waals surface area contributed by atoms with Crippen LogP contribution in [0.1, 0.15) is 45.4 Å². The summed E-state index contributed by atoms with van der Waals surface area (Å²) in [5.74, 6) is -1.36. The first-order valence-corrected chi connectivity index (χ1v) is 7.77. The molecule has 0 amide bonds. The fraction of sp³-hybridized carbons (Fsp3) is 0.533. The van der Waals surface area contributed by atoms with E-state index in [4.69, 9.17) is 0 Å². The third-order valence-electron chi connectivity index (χ3n) is 3.60. The normalized spacial score (nSPS) is 11.2. The molecule has 0 saturated heterocycles. The Labute approximate surface area is 167 Å². The number of hydrogen-bond donors (Lipinski definition) is 1. The van der Waals surface area contributed by atoms with Gasteiger partial charge in [-0.1, -0.05) is 39.0 Å². The second kappa shape index (κ2) is 11.8. The average molecular weight is 361 g/mol. The number of nitro groups is 2. The molecule has 0 spiro atoms. The molecule has 0 aliphatic heterocycles. The quantitative estimate of drug-likeness (QED) is 0.240. The molecule has 1 N–H and O–H groups in total. The number of carbonyl (C=O) groups is 1. The Balaban J connectivity index is 0.00000576.